The van der Waals surface area contributed by atoms with E-state index in [1.54, 1.807) is 18.9 Å². The quantitative estimate of drug-likeness (QED) is 0.767. The largest absolute Gasteiger partial charge is 0.496 e. The van der Waals surface area contributed by atoms with Crippen molar-refractivity contribution in [2.75, 3.05) is 7.11 Å². The number of aryl methyl sites for hydroxylation is 1. The van der Waals surface area contributed by atoms with E-state index in [1.165, 1.54) is 10.5 Å². The summed E-state index contributed by atoms with van der Waals surface area (Å²) in [7, 11) is 1.72. The van der Waals surface area contributed by atoms with Crippen molar-refractivity contribution in [3.63, 3.8) is 0 Å². The molecule has 0 N–H and O–H groups in total. The van der Waals surface area contributed by atoms with Gasteiger partial charge in [-0.1, -0.05) is 40.7 Å². The lowest BCUT2D eigenvalue weighted by molar-refractivity contribution is 0.404. The van der Waals surface area contributed by atoms with Crippen LogP contribution in [0, 0.1) is 0 Å². The van der Waals surface area contributed by atoms with Gasteiger partial charge >= 0.3 is 0 Å². The van der Waals surface area contributed by atoms with Crippen molar-refractivity contribution in [3.8, 4) is 5.75 Å². The van der Waals surface area contributed by atoms with Crippen molar-refractivity contribution in [2.24, 2.45) is 0 Å². The molecule has 3 heteroatoms. The van der Waals surface area contributed by atoms with Crippen molar-refractivity contribution < 1.29 is 4.74 Å². The molecule has 0 aromatic heterocycles. The first-order valence-corrected chi connectivity index (χ1v) is 7.44. The molecule has 0 saturated heterocycles. The summed E-state index contributed by atoms with van der Waals surface area (Å²) in [6.07, 6.45) is 1.03. The maximum absolute atomic E-state index is 5.45. The fourth-order valence-corrected chi connectivity index (χ4v) is 2.82. The minimum Gasteiger partial charge on any atom is -0.496 e. The highest BCUT2D eigenvalue weighted by molar-refractivity contribution is 9.10. The van der Waals surface area contributed by atoms with Crippen LogP contribution in [0.4, 0.5) is 0 Å². The molecular weight excluding hydrogens is 308 g/mol. The summed E-state index contributed by atoms with van der Waals surface area (Å²) >= 11 is 5.16. The van der Waals surface area contributed by atoms with E-state index < -0.39 is 0 Å². The van der Waals surface area contributed by atoms with Crippen LogP contribution in [0.15, 0.2) is 56.7 Å². The fraction of sp³-hybridized carbons (Fsp3) is 0.200. The van der Waals surface area contributed by atoms with Crippen molar-refractivity contribution in [1.82, 2.24) is 0 Å². The van der Waals surface area contributed by atoms with E-state index in [0.717, 1.165) is 21.5 Å². The van der Waals surface area contributed by atoms with Gasteiger partial charge in [-0.15, -0.1) is 0 Å². The molecule has 94 valence electrons. The number of hydrogen-bond acceptors (Lipinski definition) is 2. The van der Waals surface area contributed by atoms with Crippen LogP contribution >= 0.6 is 27.7 Å². The predicted octanol–water partition coefficient (Wildman–Crippen LogP) is 5.17. The molecule has 2 rings (SSSR count). The third kappa shape index (κ3) is 3.30. The van der Waals surface area contributed by atoms with Crippen LogP contribution in [-0.4, -0.2) is 7.11 Å². The lowest BCUT2D eigenvalue weighted by Gasteiger charge is -2.09. The molecule has 1 nitrogen and oxygen atoms in total. The van der Waals surface area contributed by atoms with E-state index in [1.807, 2.05) is 0 Å². The van der Waals surface area contributed by atoms with Crippen LogP contribution < -0.4 is 4.74 Å². The molecule has 0 heterocycles. The van der Waals surface area contributed by atoms with Gasteiger partial charge in [0.1, 0.15) is 5.75 Å². The lowest BCUT2D eigenvalue weighted by atomic mass is 10.2. The Morgan fingerprint density at radius 1 is 1.11 bits per heavy atom. The number of rotatable bonds is 4. The highest BCUT2D eigenvalue weighted by atomic mass is 79.9. The average Bonchev–Trinajstić information content (AvgIpc) is 2.41. The second-order valence-corrected chi connectivity index (χ2v) is 5.93. The number of hydrogen-bond donors (Lipinski definition) is 0. The van der Waals surface area contributed by atoms with Crippen molar-refractivity contribution in [2.45, 2.75) is 23.1 Å². The molecule has 0 aliphatic heterocycles. The van der Waals surface area contributed by atoms with Crippen molar-refractivity contribution >= 4 is 27.7 Å². The molecule has 0 spiro atoms. The van der Waals surface area contributed by atoms with Crippen LogP contribution in [0.5, 0.6) is 5.75 Å². The molecular formula is C15H15BrOS. The Morgan fingerprint density at radius 2 is 1.83 bits per heavy atom. The second kappa shape index (κ2) is 6.30. The van der Waals surface area contributed by atoms with Crippen LogP contribution in [0.1, 0.15) is 12.5 Å². The third-order valence-electron chi connectivity index (χ3n) is 2.68. The monoisotopic (exact) mass is 322 g/mol. The Bertz CT molecular complexity index is 523. The summed E-state index contributed by atoms with van der Waals surface area (Å²) in [6, 6.07) is 14.7. The fourth-order valence-electron chi connectivity index (χ4n) is 1.65. The van der Waals surface area contributed by atoms with Gasteiger partial charge in [0.05, 0.1) is 12.0 Å². The van der Waals surface area contributed by atoms with Gasteiger partial charge < -0.3 is 4.74 Å². The standard InChI is InChI=1S/C15H15BrOS/c1-3-11-4-9-15(14(10-11)17-2)18-13-7-5-12(16)6-8-13/h4-10H,3H2,1-2H3. The topological polar surface area (TPSA) is 9.23 Å². The molecule has 0 atom stereocenters. The van der Waals surface area contributed by atoms with Gasteiger partial charge in [0.25, 0.3) is 0 Å². The summed E-state index contributed by atoms with van der Waals surface area (Å²) in [5.74, 6) is 0.947. The number of methoxy groups -OCH3 is 1. The Balaban J connectivity index is 2.25. The summed E-state index contributed by atoms with van der Waals surface area (Å²) in [4.78, 5) is 2.36. The highest BCUT2D eigenvalue weighted by Crippen LogP contribution is 2.35. The minimum absolute atomic E-state index is 0.947. The first kappa shape index (κ1) is 13.5. The van der Waals surface area contributed by atoms with Gasteiger partial charge in [0.15, 0.2) is 0 Å². The van der Waals surface area contributed by atoms with Crippen LogP contribution in [0.2, 0.25) is 0 Å². The smallest absolute Gasteiger partial charge is 0.133 e. The van der Waals surface area contributed by atoms with Crippen molar-refractivity contribution in [1.29, 1.82) is 0 Å². The molecule has 0 unspecified atom stereocenters. The van der Waals surface area contributed by atoms with E-state index in [9.17, 15) is 0 Å². The van der Waals surface area contributed by atoms with Gasteiger partial charge in [-0.05, 0) is 48.4 Å². The average molecular weight is 323 g/mol. The van der Waals surface area contributed by atoms with Gasteiger partial charge in [-0.2, -0.15) is 0 Å². The molecule has 0 saturated carbocycles. The normalized spacial score (nSPS) is 10.4. The maximum atomic E-state index is 5.45. The Labute approximate surface area is 121 Å². The summed E-state index contributed by atoms with van der Waals surface area (Å²) in [5.41, 5.74) is 1.30. The number of halogens is 1. The van der Waals surface area contributed by atoms with Crippen LogP contribution in [-0.2, 0) is 6.42 Å². The van der Waals surface area contributed by atoms with Gasteiger partial charge in [0, 0.05) is 9.37 Å². The zero-order chi connectivity index (χ0) is 13.0. The molecule has 0 bridgehead atoms. The zero-order valence-corrected chi connectivity index (χ0v) is 12.8. The highest BCUT2D eigenvalue weighted by Gasteiger charge is 2.06. The van der Waals surface area contributed by atoms with Gasteiger partial charge in [-0.25, -0.2) is 0 Å². The molecule has 18 heavy (non-hydrogen) atoms. The van der Waals surface area contributed by atoms with E-state index >= 15 is 0 Å². The predicted molar refractivity (Wildman–Crippen MR) is 80.6 cm³/mol. The Morgan fingerprint density at radius 3 is 2.44 bits per heavy atom. The third-order valence-corrected chi connectivity index (χ3v) is 4.27. The molecule has 2 aromatic rings. The summed E-state index contributed by atoms with van der Waals surface area (Å²) in [5, 5.41) is 0. The van der Waals surface area contributed by atoms with Crippen LogP contribution in [0.3, 0.4) is 0 Å². The first-order valence-electron chi connectivity index (χ1n) is 5.83. The molecule has 2 aromatic carbocycles. The van der Waals surface area contributed by atoms with Gasteiger partial charge in [0.2, 0.25) is 0 Å². The summed E-state index contributed by atoms with van der Waals surface area (Å²) < 4.78 is 6.55. The molecule has 0 aliphatic rings. The van der Waals surface area contributed by atoms with E-state index in [0.29, 0.717) is 0 Å². The SMILES string of the molecule is CCc1ccc(Sc2ccc(Br)cc2)c(OC)c1. The Hall–Kier alpha value is -0.930. The second-order valence-electron chi connectivity index (χ2n) is 3.89. The van der Waals surface area contributed by atoms with Crippen LogP contribution in [0.25, 0.3) is 0 Å². The molecule has 0 fully saturated rings. The van der Waals surface area contributed by atoms with E-state index in [-0.39, 0.29) is 0 Å². The van der Waals surface area contributed by atoms with E-state index in [2.05, 4.69) is 65.3 Å². The van der Waals surface area contributed by atoms with E-state index in [4.69, 9.17) is 4.74 Å². The minimum atomic E-state index is 0.947. The Kier molecular flexibility index (Phi) is 4.72. The number of ether oxygens (including phenoxy) is 1. The summed E-state index contributed by atoms with van der Waals surface area (Å²) in [6.45, 7) is 2.15. The first-order chi connectivity index (χ1) is 8.72. The zero-order valence-electron chi connectivity index (χ0n) is 10.4. The number of benzene rings is 2. The molecule has 0 aliphatic carbocycles. The van der Waals surface area contributed by atoms with Gasteiger partial charge in [-0.3, -0.25) is 0 Å². The lowest BCUT2D eigenvalue weighted by Crippen LogP contribution is -1.89. The molecule has 0 amide bonds. The molecule has 0 radical (unpaired) electrons. The van der Waals surface area contributed by atoms with Crippen molar-refractivity contribution in [3.05, 3.63) is 52.5 Å². The maximum Gasteiger partial charge on any atom is 0.133 e.